The third-order valence-electron chi connectivity index (χ3n) is 3.89. The number of hydrogen-bond donors (Lipinski definition) is 1. The summed E-state index contributed by atoms with van der Waals surface area (Å²) in [6, 6.07) is 9.06. The van der Waals surface area contributed by atoms with Crippen molar-refractivity contribution in [3.05, 3.63) is 59.3 Å². The molecule has 1 N–H and O–H groups in total. The standard InChI is InChI=1S/C18H19ClN4O2S/c1-3-8-22-12-15(5-7-18(22)24)23-11-14(10-20-23)13-4-6-16(21-26-2)17(9-13)25-19/h4-7,9-12,21H,3,8H2,1-2H3. The van der Waals surface area contributed by atoms with E-state index < -0.39 is 0 Å². The minimum absolute atomic E-state index is 0.0104. The Morgan fingerprint density at radius 2 is 2.08 bits per heavy atom. The van der Waals surface area contributed by atoms with Gasteiger partial charge >= 0.3 is 0 Å². The summed E-state index contributed by atoms with van der Waals surface area (Å²) < 4.78 is 11.5. The molecular weight excluding hydrogens is 372 g/mol. The summed E-state index contributed by atoms with van der Waals surface area (Å²) in [6.45, 7) is 2.72. The zero-order valence-electron chi connectivity index (χ0n) is 14.5. The van der Waals surface area contributed by atoms with E-state index >= 15 is 0 Å². The van der Waals surface area contributed by atoms with E-state index in [2.05, 4.69) is 9.82 Å². The van der Waals surface area contributed by atoms with Crippen LogP contribution in [0.5, 0.6) is 5.75 Å². The summed E-state index contributed by atoms with van der Waals surface area (Å²) in [6.07, 6.45) is 8.32. The van der Waals surface area contributed by atoms with E-state index in [-0.39, 0.29) is 5.56 Å². The Bertz CT molecular complexity index is 954. The van der Waals surface area contributed by atoms with Gasteiger partial charge in [0, 0.05) is 36.8 Å². The molecule has 0 amide bonds. The van der Waals surface area contributed by atoms with Crippen LogP contribution in [0.1, 0.15) is 13.3 Å². The summed E-state index contributed by atoms with van der Waals surface area (Å²) in [5.74, 6) is 0.544. The lowest BCUT2D eigenvalue weighted by molar-refractivity contribution is 0.622. The van der Waals surface area contributed by atoms with Crippen LogP contribution in [0.25, 0.3) is 16.8 Å². The molecule has 26 heavy (non-hydrogen) atoms. The van der Waals surface area contributed by atoms with Gasteiger partial charge in [-0.15, -0.1) is 0 Å². The lowest BCUT2D eigenvalue weighted by Crippen LogP contribution is -2.19. The molecule has 0 fully saturated rings. The SMILES string of the molecule is CCCn1cc(-n2cc(-c3ccc(NSC)c(OCl)c3)cn2)ccc1=O. The van der Waals surface area contributed by atoms with Crippen LogP contribution >= 0.6 is 23.8 Å². The molecule has 0 bridgehead atoms. The maximum Gasteiger partial charge on any atom is 0.250 e. The number of nitrogens with one attached hydrogen (secondary N) is 1. The first-order chi connectivity index (χ1) is 12.7. The van der Waals surface area contributed by atoms with E-state index in [4.69, 9.17) is 16.2 Å². The highest BCUT2D eigenvalue weighted by Crippen LogP contribution is 2.32. The molecule has 0 unspecified atom stereocenters. The van der Waals surface area contributed by atoms with Crippen molar-refractivity contribution in [1.82, 2.24) is 14.3 Å². The normalized spacial score (nSPS) is 10.7. The third kappa shape index (κ3) is 3.89. The first kappa shape index (κ1) is 18.4. The number of rotatable bonds is 7. The summed E-state index contributed by atoms with van der Waals surface area (Å²) in [5, 5.41) is 4.42. The maximum absolute atomic E-state index is 11.9. The van der Waals surface area contributed by atoms with E-state index in [1.165, 1.54) is 11.9 Å². The van der Waals surface area contributed by atoms with Gasteiger partial charge in [-0.3, -0.25) is 4.79 Å². The predicted octanol–water partition coefficient (Wildman–Crippen LogP) is 4.33. The van der Waals surface area contributed by atoms with E-state index in [1.807, 2.05) is 43.8 Å². The number of halogens is 1. The molecule has 0 spiro atoms. The molecule has 1 aromatic carbocycles. The lowest BCUT2D eigenvalue weighted by Gasteiger charge is -2.08. The van der Waals surface area contributed by atoms with Gasteiger partial charge in [-0.25, -0.2) is 4.68 Å². The number of aromatic nitrogens is 3. The highest BCUT2D eigenvalue weighted by atomic mass is 35.5. The van der Waals surface area contributed by atoms with Crippen LogP contribution in [-0.2, 0) is 6.54 Å². The van der Waals surface area contributed by atoms with Gasteiger partial charge in [0.1, 0.15) is 11.9 Å². The topological polar surface area (TPSA) is 61.1 Å². The van der Waals surface area contributed by atoms with Crippen molar-refractivity contribution >= 4 is 29.5 Å². The summed E-state index contributed by atoms with van der Waals surface area (Å²) in [4.78, 5) is 11.9. The average Bonchev–Trinajstić information content (AvgIpc) is 3.14. The minimum Gasteiger partial charge on any atom is -0.383 e. The van der Waals surface area contributed by atoms with E-state index in [0.717, 1.165) is 28.9 Å². The van der Waals surface area contributed by atoms with Crippen LogP contribution in [0.2, 0.25) is 0 Å². The Morgan fingerprint density at radius 3 is 2.81 bits per heavy atom. The molecule has 0 aliphatic rings. The zero-order valence-corrected chi connectivity index (χ0v) is 16.0. The van der Waals surface area contributed by atoms with Crippen LogP contribution in [0, 0.1) is 0 Å². The molecule has 2 heterocycles. The Morgan fingerprint density at radius 1 is 1.23 bits per heavy atom. The third-order valence-corrected chi connectivity index (χ3v) is 4.48. The number of anilines is 1. The number of aryl methyl sites for hydroxylation is 1. The second kappa shape index (κ2) is 8.33. The van der Waals surface area contributed by atoms with Crippen molar-refractivity contribution in [2.45, 2.75) is 19.9 Å². The van der Waals surface area contributed by atoms with Crippen molar-refractivity contribution < 1.29 is 4.29 Å². The number of nitrogens with zero attached hydrogens (tertiary/aromatic N) is 3. The Balaban J connectivity index is 1.93. The van der Waals surface area contributed by atoms with Crippen LogP contribution in [0.4, 0.5) is 5.69 Å². The van der Waals surface area contributed by atoms with Crippen LogP contribution in [-0.4, -0.2) is 20.6 Å². The molecule has 2 aromatic heterocycles. The van der Waals surface area contributed by atoms with E-state index in [0.29, 0.717) is 12.3 Å². The van der Waals surface area contributed by atoms with E-state index in [1.54, 1.807) is 27.6 Å². The summed E-state index contributed by atoms with van der Waals surface area (Å²) in [7, 11) is 0. The fourth-order valence-corrected chi connectivity index (χ4v) is 3.16. The van der Waals surface area contributed by atoms with Crippen molar-refractivity contribution in [3.8, 4) is 22.6 Å². The second-order valence-corrected chi connectivity index (χ2v) is 6.45. The number of hydrogen-bond acceptors (Lipinski definition) is 5. The van der Waals surface area contributed by atoms with Gasteiger partial charge in [0.05, 0.1) is 17.6 Å². The first-order valence-corrected chi connectivity index (χ1v) is 9.67. The Kier molecular flexibility index (Phi) is 5.90. The highest BCUT2D eigenvalue weighted by molar-refractivity contribution is 7.99. The van der Waals surface area contributed by atoms with Gasteiger partial charge in [0.15, 0.2) is 5.75 Å². The van der Waals surface area contributed by atoms with Crippen molar-refractivity contribution in [2.75, 3.05) is 11.0 Å². The average molecular weight is 391 g/mol. The molecule has 0 radical (unpaired) electrons. The number of pyridine rings is 1. The molecule has 3 aromatic rings. The van der Waals surface area contributed by atoms with Gasteiger partial charge < -0.3 is 13.6 Å². The molecule has 8 heteroatoms. The fraction of sp³-hybridized carbons (Fsp3) is 0.222. The molecule has 0 saturated heterocycles. The molecule has 136 valence electrons. The monoisotopic (exact) mass is 390 g/mol. The second-order valence-electron chi connectivity index (χ2n) is 5.69. The lowest BCUT2D eigenvalue weighted by atomic mass is 10.1. The van der Waals surface area contributed by atoms with Gasteiger partial charge in [0.2, 0.25) is 0 Å². The number of benzene rings is 1. The first-order valence-electron chi connectivity index (χ1n) is 8.13. The molecule has 0 saturated carbocycles. The smallest absolute Gasteiger partial charge is 0.250 e. The van der Waals surface area contributed by atoms with Crippen LogP contribution in [0.15, 0.2) is 53.7 Å². The summed E-state index contributed by atoms with van der Waals surface area (Å²) in [5.41, 5.74) is 3.47. The van der Waals surface area contributed by atoms with E-state index in [9.17, 15) is 4.79 Å². The quantitative estimate of drug-likeness (QED) is 0.608. The molecule has 0 aliphatic carbocycles. The fourth-order valence-electron chi connectivity index (χ4n) is 2.64. The van der Waals surface area contributed by atoms with Gasteiger partial charge in [-0.2, -0.15) is 5.10 Å². The Hall–Kier alpha value is -2.38. The van der Waals surface area contributed by atoms with Crippen LogP contribution < -0.4 is 14.6 Å². The predicted molar refractivity (Wildman–Crippen MR) is 107 cm³/mol. The van der Waals surface area contributed by atoms with Gasteiger partial charge in [-0.05, 0) is 30.2 Å². The molecule has 6 nitrogen and oxygen atoms in total. The molecule has 3 rings (SSSR count). The maximum atomic E-state index is 11.9. The van der Waals surface area contributed by atoms with Crippen LogP contribution in [0.3, 0.4) is 0 Å². The minimum atomic E-state index is -0.0104. The van der Waals surface area contributed by atoms with Crippen molar-refractivity contribution in [2.24, 2.45) is 0 Å². The van der Waals surface area contributed by atoms with Gasteiger partial charge in [0.25, 0.3) is 5.56 Å². The summed E-state index contributed by atoms with van der Waals surface area (Å²) >= 11 is 7.05. The highest BCUT2D eigenvalue weighted by Gasteiger charge is 2.09. The Labute approximate surface area is 161 Å². The largest absolute Gasteiger partial charge is 0.383 e. The zero-order chi connectivity index (χ0) is 18.5. The van der Waals surface area contributed by atoms with Crippen molar-refractivity contribution in [1.29, 1.82) is 0 Å². The molecule has 0 atom stereocenters. The van der Waals surface area contributed by atoms with Gasteiger partial charge in [-0.1, -0.05) is 24.9 Å². The molecule has 0 aliphatic heterocycles. The molecular formula is C18H19ClN4O2S. The van der Waals surface area contributed by atoms with Crippen molar-refractivity contribution in [3.63, 3.8) is 0 Å².